The number of carboxylic acid groups (broad SMARTS) is 1. The van der Waals surface area contributed by atoms with Gasteiger partial charge in [-0.1, -0.05) is 25.7 Å². The average molecular weight is 305 g/mol. The van der Waals surface area contributed by atoms with Gasteiger partial charge in [-0.15, -0.1) is 0 Å². The molecular formula is C13H23NO5S. The second kappa shape index (κ2) is 7.06. The van der Waals surface area contributed by atoms with Gasteiger partial charge in [-0.25, -0.2) is 13.2 Å². The average Bonchev–Trinajstić information content (AvgIpc) is 2.53. The van der Waals surface area contributed by atoms with Gasteiger partial charge in [0, 0.05) is 12.7 Å². The number of carboxylic acids is 1. The molecule has 0 aromatic heterocycles. The van der Waals surface area contributed by atoms with Gasteiger partial charge in [0.15, 0.2) is 0 Å². The Morgan fingerprint density at radius 1 is 1.15 bits per heavy atom. The molecule has 116 valence electrons. The molecule has 1 amide bonds. The number of nitrogens with one attached hydrogen (secondary N) is 1. The summed E-state index contributed by atoms with van der Waals surface area (Å²) in [5.41, 5.74) is -1.17. The molecule has 1 aliphatic rings. The summed E-state index contributed by atoms with van der Waals surface area (Å²) in [5, 5.41) is 12.0. The fraction of sp³-hybridized carbons (Fsp3) is 0.846. The highest BCUT2D eigenvalue weighted by Crippen LogP contribution is 2.27. The predicted molar refractivity (Wildman–Crippen MR) is 75.2 cm³/mol. The lowest BCUT2D eigenvalue weighted by Crippen LogP contribution is -2.54. The van der Waals surface area contributed by atoms with E-state index >= 15 is 0 Å². The minimum Gasteiger partial charge on any atom is -0.480 e. The highest BCUT2D eigenvalue weighted by atomic mass is 32.2. The van der Waals surface area contributed by atoms with Crippen molar-refractivity contribution in [1.29, 1.82) is 0 Å². The second-order valence-corrected chi connectivity index (χ2v) is 7.84. The van der Waals surface area contributed by atoms with Crippen molar-refractivity contribution in [3.8, 4) is 0 Å². The molecule has 1 rings (SSSR count). The smallest absolute Gasteiger partial charge is 0.329 e. The summed E-state index contributed by atoms with van der Waals surface area (Å²) in [6, 6.07) is 0. The number of rotatable bonds is 6. The Bertz CT molecular complexity index is 449. The molecule has 0 aromatic rings. The van der Waals surface area contributed by atoms with Crippen LogP contribution in [0.25, 0.3) is 0 Å². The Kier molecular flexibility index (Phi) is 5.98. The van der Waals surface area contributed by atoms with Gasteiger partial charge in [-0.3, -0.25) is 4.79 Å². The van der Waals surface area contributed by atoms with Crippen LogP contribution >= 0.6 is 0 Å². The van der Waals surface area contributed by atoms with Gasteiger partial charge in [-0.2, -0.15) is 0 Å². The van der Waals surface area contributed by atoms with Crippen LogP contribution in [-0.4, -0.2) is 42.9 Å². The highest BCUT2D eigenvalue weighted by molar-refractivity contribution is 7.90. The maximum Gasteiger partial charge on any atom is 0.329 e. The number of sulfone groups is 1. The molecule has 0 spiro atoms. The van der Waals surface area contributed by atoms with E-state index in [1.807, 2.05) is 0 Å². The van der Waals surface area contributed by atoms with Crippen molar-refractivity contribution in [2.45, 2.75) is 56.9 Å². The zero-order valence-electron chi connectivity index (χ0n) is 11.9. The van der Waals surface area contributed by atoms with Gasteiger partial charge in [-0.05, 0) is 19.3 Å². The summed E-state index contributed by atoms with van der Waals surface area (Å²) in [7, 11) is -3.09. The maximum absolute atomic E-state index is 11.8. The molecule has 1 aliphatic carbocycles. The molecule has 0 bridgehead atoms. The molecule has 6 nitrogen and oxygen atoms in total. The zero-order chi connectivity index (χ0) is 15.2. The lowest BCUT2D eigenvalue weighted by atomic mass is 9.90. The van der Waals surface area contributed by atoms with Crippen LogP contribution in [0.1, 0.15) is 51.4 Å². The molecular weight excluding hydrogens is 282 g/mol. The van der Waals surface area contributed by atoms with Crippen LogP contribution in [0.4, 0.5) is 0 Å². The first kappa shape index (κ1) is 16.9. The first-order chi connectivity index (χ1) is 9.25. The summed E-state index contributed by atoms with van der Waals surface area (Å²) in [6.45, 7) is 0. The van der Waals surface area contributed by atoms with Gasteiger partial charge in [0.05, 0.1) is 5.75 Å². The minimum atomic E-state index is -3.09. The molecule has 0 unspecified atom stereocenters. The standard InChI is InChI=1S/C13H23NO5S/c1-20(18,19)10-6-7-11(15)14-13(12(16)17)8-4-2-3-5-9-13/h2-10H2,1H3,(H,14,15)(H,16,17). The Balaban J connectivity index is 2.57. The van der Waals surface area contributed by atoms with E-state index in [2.05, 4.69) is 5.32 Å². The lowest BCUT2D eigenvalue weighted by molar-refractivity contribution is -0.148. The number of hydrogen-bond acceptors (Lipinski definition) is 4. The third kappa shape index (κ3) is 5.48. The van der Waals surface area contributed by atoms with E-state index in [-0.39, 0.29) is 24.5 Å². The normalized spacial score (nSPS) is 19.1. The quantitative estimate of drug-likeness (QED) is 0.716. The molecule has 0 heterocycles. The van der Waals surface area contributed by atoms with E-state index in [0.29, 0.717) is 12.8 Å². The summed E-state index contributed by atoms with van der Waals surface area (Å²) in [6.07, 6.45) is 5.82. The molecule has 1 fully saturated rings. The summed E-state index contributed by atoms with van der Waals surface area (Å²) in [5.74, 6) is -1.42. The van der Waals surface area contributed by atoms with Crippen molar-refractivity contribution in [2.24, 2.45) is 0 Å². The van der Waals surface area contributed by atoms with Crippen LogP contribution < -0.4 is 5.32 Å². The van der Waals surface area contributed by atoms with Crippen molar-refractivity contribution in [3.63, 3.8) is 0 Å². The predicted octanol–water partition coefficient (Wildman–Crippen LogP) is 1.10. The first-order valence-corrected chi connectivity index (χ1v) is 9.03. The van der Waals surface area contributed by atoms with E-state index < -0.39 is 21.3 Å². The van der Waals surface area contributed by atoms with Crippen LogP contribution in [-0.2, 0) is 19.4 Å². The Labute approximate surface area is 119 Å². The lowest BCUT2D eigenvalue weighted by Gasteiger charge is -2.29. The van der Waals surface area contributed by atoms with Crippen LogP contribution in [0, 0.1) is 0 Å². The third-order valence-electron chi connectivity index (χ3n) is 3.66. The molecule has 2 N–H and O–H groups in total. The highest BCUT2D eigenvalue weighted by Gasteiger charge is 2.39. The molecule has 0 aromatic carbocycles. The van der Waals surface area contributed by atoms with Crippen LogP contribution in [0.3, 0.4) is 0 Å². The fourth-order valence-corrected chi connectivity index (χ4v) is 3.22. The van der Waals surface area contributed by atoms with E-state index in [9.17, 15) is 23.1 Å². The largest absolute Gasteiger partial charge is 0.480 e. The Hall–Kier alpha value is -1.11. The first-order valence-electron chi connectivity index (χ1n) is 6.97. The van der Waals surface area contributed by atoms with Gasteiger partial charge in [0.2, 0.25) is 5.91 Å². The van der Waals surface area contributed by atoms with Crippen molar-refractivity contribution in [2.75, 3.05) is 12.0 Å². The third-order valence-corrected chi connectivity index (χ3v) is 4.69. The molecule has 7 heteroatoms. The summed E-state index contributed by atoms with van der Waals surface area (Å²) >= 11 is 0. The molecule has 0 radical (unpaired) electrons. The maximum atomic E-state index is 11.8. The van der Waals surface area contributed by atoms with E-state index in [1.54, 1.807) is 0 Å². The van der Waals surface area contributed by atoms with Crippen LogP contribution in [0.5, 0.6) is 0 Å². The van der Waals surface area contributed by atoms with E-state index in [4.69, 9.17) is 0 Å². The number of amides is 1. The summed E-state index contributed by atoms with van der Waals surface area (Å²) < 4.78 is 22.0. The van der Waals surface area contributed by atoms with E-state index in [0.717, 1.165) is 31.9 Å². The number of carbonyl (C=O) groups is 2. The number of hydrogen-bond donors (Lipinski definition) is 2. The van der Waals surface area contributed by atoms with Crippen molar-refractivity contribution >= 4 is 21.7 Å². The van der Waals surface area contributed by atoms with Gasteiger partial charge in [0.25, 0.3) is 0 Å². The Morgan fingerprint density at radius 2 is 1.70 bits per heavy atom. The monoisotopic (exact) mass is 305 g/mol. The molecule has 20 heavy (non-hydrogen) atoms. The number of carbonyl (C=O) groups excluding carboxylic acids is 1. The van der Waals surface area contributed by atoms with Crippen LogP contribution in [0.2, 0.25) is 0 Å². The van der Waals surface area contributed by atoms with Crippen molar-refractivity contribution < 1.29 is 23.1 Å². The van der Waals surface area contributed by atoms with E-state index in [1.165, 1.54) is 0 Å². The topological polar surface area (TPSA) is 101 Å². The zero-order valence-corrected chi connectivity index (χ0v) is 12.7. The second-order valence-electron chi connectivity index (χ2n) is 5.58. The Morgan fingerprint density at radius 3 is 2.15 bits per heavy atom. The van der Waals surface area contributed by atoms with Gasteiger partial charge in [0.1, 0.15) is 15.4 Å². The van der Waals surface area contributed by atoms with Crippen molar-refractivity contribution in [3.05, 3.63) is 0 Å². The van der Waals surface area contributed by atoms with Crippen molar-refractivity contribution in [1.82, 2.24) is 5.32 Å². The van der Waals surface area contributed by atoms with Gasteiger partial charge >= 0.3 is 5.97 Å². The number of aliphatic carboxylic acids is 1. The fourth-order valence-electron chi connectivity index (χ4n) is 2.55. The minimum absolute atomic E-state index is 0.0437. The molecule has 0 aliphatic heterocycles. The molecule has 1 saturated carbocycles. The molecule has 0 atom stereocenters. The van der Waals surface area contributed by atoms with Crippen LogP contribution in [0.15, 0.2) is 0 Å². The summed E-state index contributed by atoms with van der Waals surface area (Å²) in [4.78, 5) is 23.3. The molecule has 0 saturated heterocycles. The van der Waals surface area contributed by atoms with Gasteiger partial charge < -0.3 is 10.4 Å². The SMILES string of the molecule is CS(=O)(=O)CCCC(=O)NC1(C(=O)O)CCCCCC1.